The van der Waals surface area contributed by atoms with Crippen LogP contribution in [-0.4, -0.2) is 54.1 Å². The first-order valence-corrected chi connectivity index (χ1v) is 13.8. The molecule has 9 heteroatoms. The van der Waals surface area contributed by atoms with Crippen molar-refractivity contribution >= 4 is 40.2 Å². The number of amides is 3. The predicted octanol–water partition coefficient (Wildman–Crippen LogP) is 3.27. The first-order chi connectivity index (χ1) is 19.9. The molecule has 0 aliphatic carbocycles. The summed E-state index contributed by atoms with van der Waals surface area (Å²) >= 11 is 0. The molecule has 0 radical (unpaired) electrons. The molecular weight excluding hydrogens is 522 g/mol. The van der Waals surface area contributed by atoms with E-state index in [1.54, 1.807) is 18.2 Å². The highest BCUT2D eigenvalue weighted by molar-refractivity contribution is 5.99. The summed E-state index contributed by atoms with van der Waals surface area (Å²) < 4.78 is 5.29. The summed E-state index contributed by atoms with van der Waals surface area (Å²) in [4.78, 5) is 51.6. The molecule has 3 aromatic rings. The first-order valence-electron chi connectivity index (χ1n) is 13.8. The summed E-state index contributed by atoms with van der Waals surface area (Å²) in [5.74, 6) is -2.68. The second-order valence-electron chi connectivity index (χ2n) is 10.1. The molecule has 41 heavy (non-hydrogen) atoms. The normalized spacial score (nSPS) is 18.8. The monoisotopic (exact) mass is 557 g/mol. The highest BCUT2D eigenvalue weighted by Crippen LogP contribution is 2.19. The first kappa shape index (κ1) is 29.5. The molecule has 0 spiro atoms. The highest BCUT2D eigenvalue weighted by atomic mass is 16.5. The van der Waals surface area contributed by atoms with Gasteiger partial charge in [-0.3, -0.25) is 19.2 Å². The lowest BCUT2D eigenvalue weighted by molar-refractivity contribution is -0.146. The standard InChI is InChI=1S/C32H35N3O6/c36-20-27(17-22-9-3-1-4-10-22)33-29(37)19-25-13-5-2-6-14-30(38)41-21-28(35-31(25)39)32(40)34-26-16-15-23-11-7-8-12-24(23)18-26/h1-5,7-12,15-16,18,25,27-28,36H,6,13-14,17,19-21H2,(H,33,37)(H,34,40)(H,35,39)/t25-,27-,28+/m1/s1. The van der Waals surface area contributed by atoms with Gasteiger partial charge in [-0.1, -0.05) is 72.8 Å². The summed E-state index contributed by atoms with van der Waals surface area (Å²) in [6.07, 6.45) is 4.63. The van der Waals surface area contributed by atoms with E-state index in [0.717, 1.165) is 16.3 Å². The van der Waals surface area contributed by atoms with Crippen LogP contribution in [0.15, 0.2) is 84.9 Å². The third-order valence-corrected chi connectivity index (χ3v) is 6.88. The van der Waals surface area contributed by atoms with Gasteiger partial charge in [0.05, 0.1) is 18.6 Å². The Morgan fingerprint density at radius 1 is 0.976 bits per heavy atom. The number of anilines is 1. The number of hydrogen-bond acceptors (Lipinski definition) is 6. The lowest BCUT2D eigenvalue weighted by Gasteiger charge is -2.23. The van der Waals surface area contributed by atoms with Crippen molar-refractivity contribution < 1.29 is 29.0 Å². The van der Waals surface area contributed by atoms with Gasteiger partial charge in [0.15, 0.2) is 0 Å². The number of esters is 1. The molecule has 0 saturated carbocycles. The lowest BCUT2D eigenvalue weighted by atomic mass is 9.97. The molecule has 4 N–H and O–H groups in total. The van der Waals surface area contributed by atoms with Crippen LogP contribution in [0.25, 0.3) is 10.8 Å². The Kier molecular flexibility index (Phi) is 10.6. The maximum absolute atomic E-state index is 13.3. The number of nitrogens with one attached hydrogen (secondary N) is 3. The summed E-state index contributed by atoms with van der Waals surface area (Å²) in [5, 5.41) is 20.1. The zero-order valence-corrected chi connectivity index (χ0v) is 22.8. The Balaban J connectivity index is 1.44. The van der Waals surface area contributed by atoms with Gasteiger partial charge >= 0.3 is 5.97 Å². The molecular formula is C32H35N3O6. The average Bonchev–Trinajstić information content (AvgIpc) is 2.97. The van der Waals surface area contributed by atoms with Crippen LogP contribution < -0.4 is 16.0 Å². The van der Waals surface area contributed by atoms with Crippen LogP contribution in [-0.2, 0) is 30.3 Å². The number of fused-ring (bicyclic) bond motifs is 1. The summed E-state index contributed by atoms with van der Waals surface area (Å²) in [6, 6.07) is 21.0. The second kappa shape index (κ2) is 14.8. The topological polar surface area (TPSA) is 134 Å². The van der Waals surface area contributed by atoms with Crippen molar-refractivity contribution in [2.45, 2.75) is 44.2 Å². The molecule has 3 aromatic carbocycles. The van der Waals surface area contributed by atoms with E-state index in [2.05, 4.69) is 16.0 Å². The number of carbonyl (C=O) groups excluding carboxylic acids is 4. The minimum absolute atomic E-state index is 0.131. The molecule has 4 rings (SSSR count). The largest absolute Gasteiger partial charge is 0.463 e. The third kappa shape index (κ3) is 9.01. The van der Waals surface area contributed by atoms with Gasteiger partial charge in [0.1, 0.15) is 12.6 Å². The van der Waals surface area contributed by atoms with Gasteiger partial charge in [0.25, 0.3) is 5.91 Å². The van der Waals surface area contributed by atoms with E-state index >= 15 is 0 Å². The van der Waals surface area contributed by atoms with Crippen molar-refractivity contribution in [1.29, 1.82) is 0 Å². The van der Waals surface area contributed by atoms with Gasteiger partial charge in [-0.2, -0.15) is 0 Å². The van der Waals surface area contributed by atoms with E-state index in [0.29, 0.717) is 18.5 Å². The molecule has 9 nitrogen and oxygen atoms in total. The molecule has 1 heterocycles. The number of hydrogen-bond donors (Lipinski definition) is 4. The zero-order chi connectivity index (χ0) is 29.0. The number of rotatable bonds is 8. The van der Waals surface area contributed by atoms with E-state index < -0.39 is 35.8 Å². The van der Waals surface area contributed by atoms with Crippen molar-refractivity contribution in [1.82, 2.24) is 10.6 Å². The quantitative estimate of drug-likeness (QED) is 0.248. The van der Waals surface area contributed by atoms with Gasteiger partial charge in [-0.05, 0) is 47.7 Å². The van der Waals surface area contributed by atoms with Gasteiger partial charge in [0, 0.05) is 18.5 Å². The van der Waals surface area contributed by atoms with Crippen LogP contribution in [0.4, 0.5) is 5.69 Å². The maximum atomic E-state index is 13.3. The molecule has 0 fully saturated rings. The van der Waals surface area contributed by atoms with E-state index in [-0.39, 0.29) is 38.4 Å². The van der Waals surface area contributed by atoms with Crippen LogP contribution in [0, 0.1) is 5.92 Å². The molecule has 1 aliphatic heterocycles. The van der Waals surface area contributed by atoms with E-state index in [4.69, 9.17) is 4.74 Å². The van der Waals surface area contributed by atoms with Crippen molar-refractivity contribution in [3.8, 4) is 0 Å². The number of carbonyl (C=O) groups is 4. The molecule has 1 aliphatic rings. The van der Waals surface area contributed by atoms with Gasteiger partial charge < -0.3 is 25.8 Å². The molecule has 0 aromatic heterocycles. The van der Waals surface area contributed by atoms with Crippen molar-refractivity contribution in [2.24, 2.45) is 5.92 Å². The van der Waals surface area contributed by atoms with Gasteiger partial charge in [0.2, 0.25) is 11.8 Å². The molecule has 0 saturated heterocycles. The minimum Gasteiger partial charge on any atom is -0.463 e. The zero-order valence-electron chi connectivity index (χ0n) is 22.8. The van der Waals surface area contributed by atoms with Gasteiger partial charge in [-0.25, -0.2) is 0 Å². The Hall–Kier alpha value is -4.50. The fraction of sp³-hybridized carbons (Fsp3) is 0.312. The van der Waals surface area contributed by atoms with Crippen molar-refractivity contribution in [3.63, 3.8) is 0 Å². The van der Waals surface area contributed by atoms with Crippen LogP contribution in [0.3, 0.4) is 0 Å². The fourth-order valence-electron chi connectivity index (χ4n) is 4.65. The lowest BCUT2D eigenvalue weighted by Crippen LogP contribution is -2.50. The smallest absolute Gasteiger partial charge is 0.306 e. The van der Waals surface area contributed by atoms with Crippen LogP contribution >= 0.6 is 0 Å². The summed E-state index contributed by atoms with van der Waals surface area (Å²) in [5.41, 5.74) is 1.50. The SMILES string of the molecule is O=C(C[C@H]1CC=CCCC(=O)OC[C@@H](C(=O)Nc2ccc3ccccc3c2)NC1=O)N[C@@H](CO)Cc1ccccc1. The van der Waals surface area contributed by atoms with E-state index in [1.165, 1.54) is 0 Å². The molecule has 214 valence electrons. The molecule has 3 amide bonds. The number of cyclic esters (lactones) is 1. The van der Waals surface area contributed by atoms with Gasteiger partial charge in [-0.15, -0.1) is 0 Å². The Morgan fingerprint density at radius 2 is 1.73 bits per heavy atom. The summed E-state index contributed by atoms with van der Waals surface area (Å²) in [7, 11) is 0. The maximum Gasteiger partial charge on any atom is 0.306 e. The molecule has 3 atom stereocenters. The molecule has 0 bridgehead atoms. The number of ether oxygens (including phenoxy) is 1. The highest BCUT2D eigenvalue weighted by Gasteiger charge is 2.29. The fourth-order valence-corrected chi connectivity index (χ4v) is 4.65. The Labute approximate surface area is 239 Å². The van der Waals surface area contributed by atoms with Crippen LogP contribution in [0.1, 0.15) is 31.2 Å². The Bertz CT molecular complexity index is 1390. The second-order valence-corrected chi connectivity index (χ2v) is 10.1. The average molecular weight is 558 g/mol. The van der Waals surface area contributed by atoms with Crippen LogP contribution in [0.5, 0.6) is 0 Å². The van der Waals surface area contributed by atoms with E-state index in [1.807, 2.05) is 66.7 Å². The van der Waals surface area contributed by atoms with Crippen molar-refractivity contribution in [2.75, 3.05) is 18.5 Å². The number of aliphatic hydroxyl groups excluding tert-OH is 1. The summed E-state index contributed by atoms with van der Waals surface area (Å²) in [6.45, 7) is -0.587. The van der Waals surface area contributed by atoms with E-state index in [9.17, 15) is 24.3 Å². The number of allylic oxidation sites excluding steroid dienone is 2. The third-order valence-electron chi connectivity index (χ3n) is 6.88. The minimum atomic E-state index is -1.16. The predicted molar refractivity (Wildman–Crippen MR) is 156 cm³/mol. The Morgan fingerprint density at radius 3 is 2.51 bits per heavy atom. The number of benzene rings is 3. The number of aliphatic hydroxyl groups is 1. The van der Waals surface area contributed by atoms with Crippen LogP contribution in [0.2, 0.25) is 0 Å². The van der Waals surface area contributed by atoms with Crippen molar-refractivity contribution in [3.05, 3.63) is 90.5 Å². The molecule has 0 unspecified atom stereocenters.